The molecule has 5 nitrogen and oxygen atoms in total. The van der Waals surface area contributed by atoms with E-state index in [0.717, 1.165) is 69.6 Å². The Kier molecular flexibility index (Phi) is 6.09. The van der Waals surface area contributed by atoms with Gasteiger partial charge in [-0.15, -0.1) is 0 Å². The predicted octanol–water partition coefficient (Wildman–Crippen LogP) is 4.75. The van der Waals surface area contributed by atoms with Gasteiger partial charge >= 0.3 is 0 Å². The van der Waals surface area contributed by atoms with Gasteiger partial charge in [0.25, 0.3) is 5.91 Å². The lowest BCUT2D eigenvalue weighted by Crippen LogP contribution is -2.43. The Labute approximate surface area is 198 Å². The van der Waals surface area contributed by atoms with Crippen LogP contribution in [0.4, 0.5) is 5.69 Å². The molecule has 3 N–H and O–H groups in total. The number of primary amides is 1. The van der Waals surface area contributed by atoms with E-state index < -0.39 is 0 Å². The summed E-state index contributed by atoms with van der Waals surface area (Å²) in [5.41, 5.74) is 13.2. The van der Waals surface area contributed by atoms with Gasteiger partial charge in [0.05, 0.1) is 17.0 Å². The standard InChI is InChI=1S/C28H38N4O/c1-3-4-11-24-25(26(29)33)21-9-7-10-22(21)27(32(24)23-12-6-5-8-20(23)2)31-18-15-28(19-31)13-16-30-17-14-28/h5-6,8,11-12,30H,3-4,7,9-10,13-19H2,1-2H3,(H2,29,33)/b24-11+. The van der Waals surface area contributed by atoms with Crippen LogP contribution in [-0.4, -0.2) is 37.0 Å². The van der Waals surface area contributed by atoms with E-state index in [1.807, 2.05) is 0 Å². The molecule has 0 bridgehead atoms. The van der Waals surface area contributed by atoms with Crippen molar-refractivity contribution in [3.8, 4) is 0 Å². The molecule has 1 aromatic carbocycles. The third kappa shape index (κ3) is 3.90. The molecule has 3 fully saturated rings. The first kappa shape index (κ1) is 22.3. The van der Waals surface area contributed by atoms with Crippen LogP contribution in [0.5, 0.6) is 0 Å². The van der Waals surface area contributed by atoms with Gasteiger partial charge in [0.2, 0.25) is 0 Å². The minimum atomic E-state index is -0.291. The van der Waals surface area contributed by atoms with Crippen LogP contribution in [0.2, 0.25) is 0 Å². The maximum atomic E-state index is 12.9. The van der Waals surface area contributed by atoms with Crippen molar-refractivity contribution in [2.24, 2.45) is 11.1 Å². The van der Waals surface area contributed by atoms with Gasteiger partial charge in [0, 0.05) is 13.1 Å². The third-order valence-electron chi connectivity index (χ3n) is 8.13. The molecule has 0 unspecified atom stereocenters. The third-order valence-corrected chi connectivity index (χ3v) is 8.13. The Morgan fingerprint density at radius 3 is 2.64 bits per heavy atom. The van der Waals surface area contributed by atoms with E-state index in [1.165, 1.54) is 47.5 Å². The lowest BCUT2D eigenvalue weighted by Gasteiger charge is -2.42. The van der Waals surface area contributed by atoms with Crippen molar-refractivity contribution in [3.63, 3.8) is 0 Å². The molecular weight excluding hydrogens is 408 g/mol. The maximum absolute atomic E-state index is 12.9. The van der Waals surface area contributed by atoms with E-state index >= 15 is 0 Å². The van der Waals surface area contributed by atoms with Gasteiger partial charge in [-0.2, -0.15) is 0 Å². The number of aryl methyl sites for hydroxylation is 1. The normalized spacial score (nSPS) is 23.8. The Balaban J connectivity index is 1.69. The summed E-state index contributed by atoms with van der Waals surface area (Å²) in [7, 11) is 0. The second-order valence-corrected chi connectivity index (χ2v) is 10.3. The molecule has 5 heteroatoms. The highest BCUT2D eigenvalue weighted by atomic mass is 16.1. The molecule has 0 aromatic heterocycles. The summed E-state index contributed by atoms with van der Waals surface area (Å²) in [6.45, 7) is 8.80. The number of hydrogen-bond acceptors (Lipinski definition) is 4. The number of anilines is 1. The average molecular weight is 447 g/mol. The number of amides is 1. The molecule has 2 saturated heterocycles. The van der Waals surface area contributed by atoms with Crippen LogP contribution in [0.1, 0.15) is 63.9 Å². The fourth-order valence-corrected chi connectivity index (χ4v) is 6.40. The molecule has 3 heterocycles. The maximum Gasteiger partial charge on any atom is 0.251 e. The zero-order chi connectivity index (χ0) is 23.0. The summed E-state index contributed by atoms with van der Waals surface area (Å²) in [6.07, 6.45) is 11.1. The van der Waals surface area contributed by atoms with Crippen LogP contribution in [-0.2, 0) is 4.79 Å². The van der Waals surface area contributed by atoms with Crippen LogP contribution < -0.4 is 16.0 Å². The van der Waals surface area contributed by atoms with Gasteiger partial charge in [-0.25, -0.2) is 0 Å². The molecule has 1 saturated carbocycles. The summed E-state index contributed by atoms with van der Waals surface area (Å²) in [5, 5.41) is 3.55. The minimum Gasteiger partial charge on any atom is -0.366 e. The highest BCUT2D eigenvalue weighted by molar-refractivity contribution is 6.01. The smallest absolute Gasteiger partial charge is 0.251 e. The zero-order valence-corrected chi connectivity index (χ0v) is 20.3. The van der Waals surface area contributed by atoms with Crippen molar-refractivity contribution in [2.75, 3.05) is 31.1 Å². The number of hydrogen-bond donors (Lipinski definition) is 2. The second-order valence-electron chi connectivity index (χ2n) is 10.3. The number of carbonyl (C=O) groups excluding carboxylic acids is 1. The van der Waals surface area contributed by atoms with E-state index in [-0.39, 0.29) is 5.91 Å². The summed E-state index contributed by atoms with van der Waals surface area (Å²) in [6, 6.07) is 8.57. The van der Waals surface area contributed by atoms with E-state index in [9.17, 15) is 4.79 Å². The van der Waals surface area contributed by atoms with Crippen LogP contribution in [0, 0.1) is 12.3 Å². The minimum absolute atomic E-state index is 0.291. The predicted molar refractivity (Wildman–Crippen MR) is 134 cm³/mol. The number of allylic oxidation sites excluding steroid dienone is 3. The summed E-state index contributed by atoms with van der Waals surface area (Å²) in [4.78, 5) is 17.9. The lowest BCUT2D eigenvalue weighted by molar-refractivity contribution is -0.114. The number of rotatable bonds is 5. The van der Waals surface area contributed by atoms with Crippen molar-refractivity contribution in [1.82, 2.24) is 10.2 Å². The molecule has 4 aliphatic rings. The first-order chi connectivity index (χ1) is 16.0. The molecule has 3 aliphatic heterocycles. The number of carbonyl (C=O) groups is 1. The number of piperidine rings is 1. The fraction of sp³-hybridized carbons (Fsp3) is 0.536. The number of para-hydroxylation sites is 1. The molecule has 1 aromatic rings. The molecule has 33 heavy (non-hydrogen) atoms. The van der Waals surface area contributed by atoms with Crippen molar-refractivity contribution in [2.45, 2.75) is 65.2 Å². The monoisotopic (exact) mass is 446 g/mol. The highest BCUT2D eigenvalue weighted by Crippen LogP contribution is 2.49. The Morgan fingerprint density at radius 1 is 1.15 bits per heavy atom. The quantitative estimate of drug-likeness (QED) is 0.685. The van der Waals surface area contributed by atoms with Crippen LogP contribution in [0.3, 0.4) is 0 Å². The number of nitrogens with one attached hydrogen (secondary N) is 1. The van der Waals surface area contributed by atoms with Crippen LogP contribution in [0.25, 0.3) is 0 Å². The molecule has 1 spiro atoms. The Morgan fingerprint density at radius 2 is 1.91 bits per heavy atom. The van der Waals surface area contributed by atoms with Gasteiger partial charge in [0.1, 0.15) is 5.82 Å². The largest absolute Gasteiger partial charge is 0.366 e. The van der Waals surface area contributed by atoms with Crippen molar-refractivity contribution >= 4 is 11.6 Å². The van der Waals surface area contributed by atoms with Gasteiger partial charge in [-0.3, -0.25) is 9.69 Å². The molecule has 1 amide bonds. The Hall–Kier alpha value is -2.53. The number of likely N-dealkylation sites (tertiary alicyclic amines) is 1. The summed E-state index contributed by atoms with van der Waals surface area (Å²) >= 11 is 0. The molecule has 1 aliphatic carbocycles. The first-order valence-electron chi connectivity index (χ1n) is 12.8. The van der Waals surface area contributed by atoms with Crippen molar-refractivity contribution in [1.29, 1.82) is 0 Å². The van der Waals surface area contributed by atoms with Gasteiger partial charge < -0.3 is 16.0 Å². The lowest BCUT2D eigenvalue weighted by atomic mass is 9.78. The van der Waals surface area contributed by atoms with E-state index in [4.69, 9.17) is 5.73 Å². The molecule has 0 radical (unpaired) electrons. The topological polar surface area (TPSA) is 61.6 Å². The van der Waals surface area contributed by atoms with E-state index in [1.54, 1.807) is 0 Å². The average Bonchev–Trinajstić information content (AvgIpc) is 3.45. The number of nitrogens with two attached hydrogens (primary N) is 1. The number of fused-ring (bicyclic) bond motifs is 1. The summed E-state index contributed by atoms with van der Waals surface area (Å²) < 4.78 is 0. The second kappa shape index (κ2) is 9.02. The molecule has 5 rings (SSSR count). The van der Waals surface area contributed by atoms with E-state index in [2.05, 4.69) is 59.3 Å². The first-order valence-corrected chi connectivity index (χ1v) is 12.8. The van der Waals surface area contributed by atoms with Gasteiger partial charge in [-0.1, -0.05) is 37.6 Å². The number of benzene rings is 1. The van der Waals surface area contributed by atoms with Crippen LogP contribution in [0.15, 0.2) is 58.6 Å². The number of nitrogens with zero attached hydrogens (tertiary/aromatic N) is 2. The SMILES string of the molecule is CCC/C=C1\C(C(N)=O)=C2CCCC2=C(N2CCC3(CCNCC3)C2)N1c1ccccc1C. The van der Waals surface area contributed by atoms with Crippen molar-refractivity contribution < 1.29 is 4.79 Å². The van der Waals surface area contributed by atoms with Gasteiger partial charge in [0.15, 0.2) is 0 Å². The zero-order valence-electron chi connectivity index (χ0n) is 20.3. The van der Waals surface area contributed by atoms with Gasteiger partial charge in [-0.05, 0) is 93.2 Å². The highest BCUT2D eigenvalue weighted by Gasteiger charge is 2.44. The van der Waals surface area contributed by atoms with E-state index in [0.29, 0.717) is 5.41 Å². The Bertz CT molecular complexity index is 1030. The van der Waals surface area contributed by atoms with Crippen molar-refractivity contribution in [3.05, 3.63) is 64.1 Å². The molecule has 176 valence electrons. The number of unbranched alkanes of at least 4 members (excludes halogenated alkanes) is 1. The van der Waals surface area contributed by atoms with Crippen LogP contribution >= 0.6 is 0 Å². The molecular formula is C28H38N4O. The summed E-state index contributed by atoms with van der Waals surface area (Å²) in [5.74, 6) is 1.03. The molecule has 0 atom stereocenters. The fourth-order valence-electron chi connectivity index (χ4n) is 6.40.